The second-order valence-electron chi connectivity index (χ2n) is 11.5. The number of fused-ring (bicyclic) bond motifs is 2. The van der Waals surface area contributed by atoms with E-state index in [-0.39, 0.29) is 57.2 Å². The molecule has 4 heterocycles. The van der Waals surface area contributed by atoms with Gasteiger partial charge in [0.15, 0.2) is 5.82 Å². The third kappa shape index (κ3) is 4.31. The Hall–Kier alpha value is -3.18. The zero-order valence-electron chi connectivity index (χ0n) is 22.1. The Morgan fingerprint density at radius 1 is 1.37 bits per heavy atom. The number of pyridine rings is 1. The monoisotopic (exact) mass is 546 g/mol. The molecule has 12 heteroatoms. The van der Waals surface area contributed by atoms with Gasteiger partial charge < -0.3 is 24.8 Å². The molecule has 10 nitrogen and oxygen atoms in total. The first-order valence-electron chi connectivity index (χ1n) is 12.6. The summed E-state index contributed by atoms with van der Waals surface area (Å²) in [6.45, 7) is 10.8. The van der Waals surface area contributed by atoms with Crippen molar-refractivity contribution in [2.75, 3.05) is 43.9 Å². The molecule has 6 rings (SSSR count). The fourth-order valence-electron chi connectivity index (χ4n) is 5.57. The molecule has 1 amide bonds. The Bertz CT molecular complexity index is 1340. The highest BCUT2D eigenvalue weighted by Gasteiger charge is 2.55. The summed E-state index contributed by atoms with van der Waals surface area (Å²) in [5.41, 5.74) is -0.325. The highest BCUT2D eigenvalue weighted by Crippen LogP contribution is 2.49. The van der Waals surface area contributed by atoms with Crippen molar-refractivity contribution in [2.24, 2.45) is 5.92 Å². The Morgan fingerprint density at radius 3 is 2.63 bits per heavy atom. The number of likely N-dealkylation sites (N-methyl/N-ethyl adjacent to an activating group) is 1. The van der Waals surface area contributed by atoms with Crippen LogP contribution in [0.15, 0.2) is 12.6 Å². The summed E-state index contributed by atoms with van der Waals surface area (Å²) >= 11 is 6.18. The van der Waals surface area contributed by atoms with Crippen LogP contribution in [0.3, 0.4) is 0 Å². The van der Waals surface area contributed by atoms with E-state index in [4.69, 9.17) is 16.3 Å². The average molecular weight is 547 g/mol. The summed E-state index contributed by atoms with van der Waals surface area (Å²) < 4.78 is 21.0. The van der Waals surface area contributed by atoms with Gasteiger partial charge in [-0.25, -0.2) is 14.2 Å². The molecule has 3 unspecified atom stereocenters. The second kappa shape index (κ2) is 9.23. The van der Waals surface area contributed by atoms with Crippen LogP contribution in [-0.4, -0.2) is 83.3 Å². The summed E-state index contributed by atoms with van der Waals surface area (Å²) in [7, 11) is 3.88. The van der Waals surface area contributed by atoms with Crippen molar-refractivity contribution < 1.29 is 18.8 Å². The van der Waals surface area contributed by atoms with Gasteiger partial charge in [0.05, 0.1) is 22.0 Å². The zero-order valence-corrected chi connectivity index (χ0v) is 22.9. The van der Waals surface area contributed by atoms with E-state index in [1.54, 1.807) is 9.80 Å². The first-order valence-corrected chi connectivity index (χ1v) is 13.0. The van der Waals surface area contributed by atoms with Gasteiger partial charge in [0.1, 0.15) is 16.8 Å². The summed E-state index contributed by atoms with van der Waals surface area (Å²) in [6, 6.07) is 1.13. The number of carbonyl (C=O) groups excluding carboxylic acids is 1. The van der Waals surface area contributed by atoms with E-state index in [0.717, 1.165) is 6.42 Å². The number of hydrogen-bond donors (Lipinski definition) is 1. The molecule has 1 aromatic carbocycles. The number of aromatic nitrogens is 1. The molecule has 1 saturated carbocycles. The molecule has 38 heavy (non-hydrogen) atoms. The summed E-state index contributed by atoms with van der Waals surface area (Å²) in [5, 5.41) is 16.0. The van der Waals surface area contributed by atoms with Crippen LogP contribution in [0.25, 0.3) is 17.0 Å². The topological polar surface area (TPSA) is 104 Å². The standard InChI is InChI=1S/C26H32ClFN6O4/c1-7-13-8-16(27)19(28)21-18(13)22(23(34(36)37)24(30-21)32-11-15(12-32)31(5)6)29-20-14-9-17(20)33(10-14)25(35)38-26(2,3)4/h7-8,14-15,17,20H,1,9-12H2,2-6H3,(H,29,30). The predicted molar refractivity (Wildman–Crippen MR) is 145 cm³/mol. The molecule has 1 N–H and O–H groups in total. The first-order chi connectivity index (χ1) is 17.8. The van der Waals surface area contributed by atoms with E-state index >= 15 is 4.39 Å². The third-order valence-electron chi connectivity index (χ3n) is 7.67. The Balaban J connectivity index is 1.60. The van der Waals surface area contributed by atoms with Crippen molar-refractivity contribution in [2.45, 2.75) is 50.9 Å². The van der Waals surface area contributed by atoms with Crippen LogP contribution in [0.4, 0.5) is 26.4 Å². The number of rotatable bonds is 6. The number of nitro groups is 1. The minimum absolute atomic E-state index is 0.0560. The molecule has 0 spiro atoms. The molecular formula is C26H32ClFN6O4. The Labute approximate surface area is 225 Å². The molecule has 2 bridgehead atoms. The average Bonchev–Trinajstić information content (AvgIpc) is 3.37. The van der Waals surface area contributed by atoms with E-state index < -0.39 is 22.4 Å². The fraction of sp³-hybridized carbons (Fsp3) is 0.538. The quantitative estimate of drug-likeness (QED) is 0.409. The number of carbonyl (C=O) groups is 1. The summed E-state index contributed by atoms with van der Waals surface area (Å²) in [5.74, 6) is -0.580. The SMILES string of the molecule is C=Cc1cc(Cl)c(F)c2nc(N3CC(N(C)C)C3)c([N+](=O)[O-])c(NC3C4CC3N(C(=O)OC(C)(C)C)C4)c12. The maximum atomic E-state index is 15.4. The number of ether oxygens (including phenoxy) is 1. The van der Waals surface area contributed by atoms with Crippen LogP contribution >= 0.6 is 11.6 Å². The number of nitrogens with zero attached hydrogens (tertiary/aromatic N) is 5. The van der Waals surface area contributed by atoms with Gasteiger partial charge in [-0.1, -0.05) is 24.3 Å². The van der Waals surface area contributed by atoms with Crippen molar-refractivity contribution in [1.29, 1.82) is 0 Å². The fourth-order valence-corrected chi connectivity index (χ4v) is 5.78. The maximum Gasteiger partial charge on any atom is 0.410 e. The highest BCUT2D eigenvalue weighted by molar-refractivity contribution is 6.32. The van der Waals surface area contributed by atoms with Gasteiger partial charge in [-0.15, -0.1) is 0 Å². The van der Waals surface area contributed by atoms with Crippen LogP contribution in [0.2, 0.25) is 5.02 Å². The molecule has 3 saturated heterocycles. The van der Waals surface area contributed by atoms with Crippen molar-refractivity contribution in [3.05, 3.63) is 39.2 Å². The minimum atomic E-state index is -0.747. The normalized spacial score (nSPS) is 22.9. The number of hydrogen-bond acceptors (Lipinski definition) is 8. The summed E-state index contributed by atoms with van der Waals surface area (Å²) in [4.78, 5) is 34.8. The van der Waals surface area contributed by atoms with Gasteiger partial charge in [-0.2, -0.15) is 0 Å². The first kappa shape index (κ1) is 26.4. The van der Waals surface area contributed by atoms with Gasteiger partial charge in [-0.3, -0.25) is 10.1 Å². The lowest BCUT2D eigenvalue weighted by molar-refractivity contribution is -0.383. The molecule has 3 aliphatic heterocycles. The van der Waals surface area contributed by atoms with Gasteiger partial charge in [0.2, 0.25) is 5.82 Å². The molecule has 4 aliphatic rings. The maximum absolute atomic E-state index is 15.4. The number of nitrogens with one attached hydrogen (secondary N) is 1. The number of halogens is 2. The molecule has 0 radical (unpaired) electrons. The number of amides is 1. The van der Waals surface area contributed by atoms with Crippen LogP contribution in [-0.2, 0) is 4.74 Å². The van der Waals surface area contributed by atoms with Crippen LogP contribution < -0.4 is 10.2 Å². The van der Waals surface area contributed by atoms with Gasteiger partial charge in [-0.05, 0) is 52.9 Å². The van der Waals surface area contributed by atoms with Crippen molar-refractivity contribution in [3.63, 3.8) is 0 Å². The summed E-state index contributed by atoms with van der Waals surface area (Å²) in [6.07, 6.45) is 1.83. The Kier molecular flexibility index (Phi) is 6.42. The smallest absolute Gasteiger partial charge is 0.410 e. The van der Waals surface area contributed by atoms with E-state index in [2.05, 4.69) is 16.9 Å². The lowest BCUT2D eigenvalue weighted by Gasteiger charge is -2.43. The third-order valence-corrected chi connectivity index (χ3v) is 7.95. The van der Waals surface area contributed by atoms with E-state index in [9.17, 15) is 14.9 Å². The largest absolute Gasteiger partial charge is 0.444 e. The predicted octanol–water partition coefficient (Wildman–Crippen LogP) is 4.75. The minimum Gasteiger partial charge on any atom is -0.444 e. The van der Waals surface area contributed by atoms with Crippen LogP contribution in [0, 0.1) is 21.8 Å². The van der Waals surface area contributed by atoms with Gasteiger partial charge in [0, 0.05) is 37.0 Å². The molecule has 1 aromatic heterocycles. The Morgan fingerprint density at radius 2 is 2.05 bits per heavy atom. The van der Waals surface area contributed by atoms with E-state index in [1.807, 2.05) is 39.8 Å². The highest BCUT2D eigenvalue weighted by atomic mass is 35.5. The molecule has 204 valence electrons. The van der Waals surface area contributed by atoms with Crippen molar-refractivity contribution >= 4 is 51.9 Å². The lowest BCUT2D eigenvalue weighted by Crippen LogP contribution is -2.58. The van der Waals surface area contributed by atoms with Gasteiger partial charge in [0.25, 0.3) is 0 Å². The van der Waals surface area contributed by atoms with Crippen molar-refractivity contribution in [1.82, 2.24) is 14.8 Å². The molecular weight excluding hydrogens is 515 g/mol. The molecule has 2 aromatic rings. The number of anilines is 2. The van der Waals surface area contributed by atoms with Crippen molar-refractivity contribution in [3.8, 4) is 0 Å². The molecule has 3 atom stereocenters. The molecule has 4 fully saturated rings. The van der Waals surface area contributed by atoms with Gasteiger partial charge >= 0.3 is 11.8 Å². The number of benzene rings is 1. The van der Waals surface area contributed by atoms with E-state index in [1.165, 1.54) is 12.1 Å². The lowest BCUT2D eigenvalue weighted by atomic mass is 9.79. The van der Waals surface area contributed by atoms with Crippen LogP contribution in [0.5, 0.6) is 0 Å². The second-order valence-corrected chi connectivity index (χ2v) is 11.9. The molecule has 1 aliphatic carbocycles. The van der Waals surface area contributed by atoms with E-state index in [0.29, 0.717) is 25.2 Å². The zero-order chi connectivity index (χ0) is 27.7. The van der Waals surface area contributed by atoms with Crippen LogP contribution in [0.1, 0.15) is 32.8 Å².